The number of hydrogen-bond acceptors (Lipinski definition) is 5. The van der Waals surface area contributed by atoms with E-state index in [1.54, 1.807) is 36.4 Å². The summed E-state index contributed by atoms with van der Waals surface area (Å²) < 4.78 is 5.00. The third kappa shape index (κ3) is 3.23. The van der Waals surface area contributed by atoms with Crippen LogP contribution in [0.3, 0.4) is 0 Å². The topological polar surface area (TPSA) is 100 Å². The highest BCUT2D eigenvalue weighted by Gasteiger charge is 2.40. The third-order valence-corrected chi connectivity index (χ3v) is 4.38. The van der Waals surface area contributed by atoms with Gasteiger partial charge in [0.1, 0.15) is 5.25 Å². The van der Waals surface area contributed by atoms with Crippen LogP contribution in [0.15, 0.2) is 58.1 Å². The predicted octanol–water partition coefficient (Wildman–Crippen LogP) is 2.40. The number of para-hydroxylation sites is 1. The van der Waals surface area contributed by atoms with Crippen molar-refractivity contribution in [3.8, 4) is 0 Å². The number of rotatable bonds is 4. The number of carbonyl (C=O) groups is 3. The highest BCUT2D eigenvalue weighted by Crippen LogP contribution is 2.33. The van der Waals surface area contributed by atoms with Crippen LogP contribution >= 0.6 is 11.8 Å². The van der Waals surface area contributed by atoms with Gasteiger partial charge in [0, 0.05) is 0 Å². The zero-order valence-corrected chi connectivity index (χ0v) is 13.1. The number of nitrogens with zero attached hydrogens (tertiary/aromatic N) is 2. The SMILES string of the molecule is O=C(O)CC1SC(=NC(=O)c2ccco2)N(c2ccccc2)C1=O. The van der Waals surface area contributed by atoms with Crippen LogP contribution in [0.1, 0.15) is 17.0 Å². The van der Waals surface area contributed by atoms with E-state index in [4.69, 9.17) is 9.52 Å². The lowest BCUT2D eigenvalue weighted by molar-refractivity contribution is -0.138. The molecule has 7 nitrogen and oxygen atoms in total. The van der Waals surface area contributed by atoms with Gasteiger partial charge in [-0.2, -0.15) is 4.99 Å². The van der Waals surface area contributed by atoms with Crippen LogP contribution in [0.2, 0.25) is 0 Å². The zero-order valence-electron chi connectivity index (χ0n) is 12.3. The molecule has 1 aromatic carbocycles. The molecule has 0 spiro atoms. The summed E-state index contributed by atoms with van der Waals surface area (Å²) in [5.41, 5.74) is 0.522. The lowest BCUT2D eigenvalue weighted by atomic mass is 10.2. The minimum atomic E-state index is -1.09. The summed E-state index contributed by atoms with van der Waals surface area (Å²) in [4.78, 5) is 40.8. The molecule has 3 rings (SSSR count). The molecular formula is C16H12N2O5S. The average Bonchev–Trinajstić information content (AvgIpc) is 3.17. The lowest BCUT2D eigenvalue weighted by Crippen LogP contribution is -2.33. The molecule has 0 saturated carbocycles. The van der Waals surface area contributed by atoms with Crippen LogP contribution in [0.4, 0.5) is 5.69 Å². The van der Waals surface area contributed by atoms with Crippen molar-refractivity contribution < 1.29 is 23.9 Å². The molecule has 1 unspecified atom stereocenters. The summed E-state index contributed by atoms with van der Waals surface area (Å²) in [6.07, 6.45) is 1.00. The maximum atomic E-state index is 12.5. The Hall–Kier alpha value is -2.87. The molecule has 1 fully saturated rings. The second-order valence-electron chi connectivity index (χ2n) is 4.89. The van der Waals surface area contributed by atoms with E-state index in [1.165, 1.54) is 17.2 Å². The van der Waals surface area contributed by atoms with Gasteiger partial charge in [0.25, 0.3) is 0 Å². The summed E-state index contributed by atoms with van der Waals surface area (Å²) in [5.74, 6) is -2.09. The summed E-state index contributed by atoms with van der Waals surface area (Å²) in [7, 11) is 0. The Labute approximate surface area is 141 Å². The molecule has 2 heterocycles. The fraction of sp³-hybridized carbons (Fsp3) is 0.125. The van der Waals surface area contributed by atoms with Gasteiger partial charge >= 0.3 is 11.9 Å². The van der Waals surface area contributed by atoms with Crippen LogP contribution in [0.5, 0.6) is 0 Å². The van der Waals surface area contributed by atoms with Gasteiger partial charge in [-0.25, -0.2) is 0 Å². The highest BCUT2D eigenvalue weighted by molar-refractivity contribution is 8.16. The third-order valence-electron chi connectivity index (χ3n) is 3.24. The maximum absolute atomic E-state index is 12.5. The molecule has 0 aliphatic carbocycles. The standard InChI is InChI=1S/C16H12N2O5S/c19-13(20)9-12-15(22)18(10-5-2-1-3-6-10)16(24-12)17-14(21)11-7-4-8-23-11/h1-8,12H,9H2,(H,19,20). The zero-order chi connectivity index (χ0) is 17.1. The summed E-state index contributed by atoms with van der Waals surface area (Å²) in [6.45, 7) is 0. The Bertz CT molecular complexity index is 801. The number of aliphatic carboxylic acids is 1. The fourth-order valence-electron chi connectivity index (χ4n) is 2.19. The van der Waals surface area contributed by atoms with Crippen molar-refractivity contribution in [3.05, 3.63) is 54.5 Å². The van der Waals surface area contributed by atoms with Gasteiger partial charge in [-0.3, -0.25) is 19.3 Å². The van der Waals surface area contributed by atoms with E-state index in [9.17, 15) is 14.4 Å². The van der Waals surface area contributed by atoms with E-state index in [0.29, 0.717) is 5.69 Å². The van der Waals surface area contributed by atoms with Crippen LogP contribution in [-0.2, 0) is 9.59 Å². The van der Waals surface area contributed by atoms with Crippen molar-refractivity contribution in [3.63, 3.8) is 0 Å². The van der Waals surface area contributed by atoms with Gasteiger partial charge in [0.2, 0.25) is 5.91 Å². The van der Waals surface area contributed by atoms with Crippen molar-refractivity contribution >= 4 is 40.4 Å². The van der Waals surface area contributed by atoms with E-state index >= 15 is 0 Å². The number of furan rings is 1. The molecule has 1 N–H and O–H groups in total. The first kappa shape index (κ1) is 16.0. The molecule has 1 aromatic heterocycles. The van der Waals surface area contributed by atoms with E-state index in [2.05, 4.69) is 4.99 Å². The second kappa shape index (κ2) is 6.71. The van der Waals surface area contributed by atoms with Crippen molar-refractivity contribution in [2.24, 2.45) is 4.99 Å². The first-order valence-corrected chi connectivity index (χ1v) is 7.88. The van der Waals surface area contributed by atoms with Crippen molar-refractivity contribution in [2.45, 2.75) is 11.7 Å². The maximum Gasteiger partial charge on any atom is 0.315 e. The predicted molar refractivity (Wildman–Crippen MR) is 88.0 cm³/mol. The Kier molecular flexibility index (Phi) is 4.48. The summed E-state index contributed by atoms with van der Waals surface area (Å²) >= 11 is 0.959. The van der Waals surface area contributed by atoms with Gasteiger partial charge in [-0.05, 0) is 24.3 Å². The van der Waals surface area contributed by atoms with Gasteiger partial charge in [-0.15, -0.1) is 0 Å². The van der Waals surface area contributed by atoms with Crippen LogP contribution < -0.4 is 4.90 Å². The first-order valence-electron chi connectivity index (χ1n) is 7.00. The Morgan fingerprint density at radius 1 is 1.21 bits per heavy atom. The number of amides is 2. The van der Waals surface area contributed by atoms with Crippen molar-refractivity contribution in [2.75, 3.05) is 4.90 Å². The number of aliphatic imine (C=N–C) groups is 1. The average molecular weight is 344 g/mol. The molecule has 8 heteroatoms. The molecule has 1 aliphatic heterocycles. The number of amidine groups is 1. The number of carbonyl (C=O) groups excluding carboxylic acids is 2. The Morgan fingerprint density at radius 3 is 2.58 bits per heavy atom. The number of benzene rings is 1. The molecule has 1 atom stereocenters. The van der Waals surface area contributed by atoms with Crippen LogP contribution in [0.25, 0.3) is 0 Å². The molecule has 1 saturated heterocycles. The van der Waals surface area contributed by atoms with E-state index in [0.717, 1.165) is 11.8 Å². The van der Waals surface area contributed by atoms with Crippen LogP contribution in [0, 0.1) is 0 Å². The van der Waals surface area contributed by atoms with E-state index in [-0.39, 0.29) is 17.3 Å². The number of carboxylic acids is 1. The van der Waals surface area contributed by atoms with Gasteiger partial charge in [-0.1, -0.05) is 30.0 Å². The monoisotopic (exact) mass is 344 g/mol. The quantitative estimate of drug-likeness (QED) is 0.914. The second-order valence-corrected chi connectivity index (χ2v) is 6.06. The molecular weight excluding hydrogens is 332 g/mol. The normalized spacial score (nSPS) is 19.0. The Morgan fingerprint density at radius 2 is 1.96 bits per heavy atom. The number of hydrogen-bond donors (Lipinski definition) is 1. The molecule has 2 amide bonds. The molecule has 122 valence electrons. The molecule has 1 aliphatic rings. The summed E-state index contributed by atoms with van der Waals surface area (Å²) in [6, 6.07) is 11.7. The number of carboxylic acid groups (broad SMARTS) is 1. The molecule has 0 radical (unpaired) electrons. The van der Waals surface area contributed by atoms with E-state index in [1.807, 2.05) is 0 Å². The van der Waals surface area contributed by atoms with Crippen molar-refractivity contribution in [1.29, 1.82) is 0 Å². The smallest absolute Gasteiger partial charge is 0.315 e. The number of anilines is 1. The first-order chi connectivity index (χ1) is 11.6. The number of thioether (sulfide) groups is 1. The van der Waals surface area contributed by atoms with Gasteiger partial charge in [0.05, 0.1) is 18.4 Å². The summed E-state index contributed by atoms with van der Waals surface area (Å²) in [5, 5.41) is 8.27. The molecule has 2 aromatic rings. The fourth-order valence-corrected chi connectivity index (χ4v) is 3.31. The van der Waals surface area contributed by atoms with Gasteiger partial charge in [0.15, 0.2) is 10.9 Å². The minimum Gasteiger partial charge on any atom is -0.481 e. The van der Waals surface area contributed by atoms with Crippen molar-refractivity contribution in [1.82, 2.24) is 0 Å². The minimum absolute atomic E-state index is 0.0465. The van der Waals surface area contributed by atoms with Crippen LogP contribution in [-0.4, -0.2) is 33.3 Å². The lowest BCUT2D eigenvalue weighted by Gasteiger charge is -2.15. The largest absolute Gasteiger partial charge is 0.481 e. The Balaban J connectivity index is 1.96. The van der Waals surface area contributed by atoms with Gasteiger partial charge < -0.3 is 9.52 Å². The molecule has 0 bridgehead atoms. The van der Waals surface area contributed by atoms with E-state index < -0.39 is 23.0 Å². The molecule has 24 heavy (non-hydrogen) atoms. The highest BCUT2D eigenvalue weighted by atomic mass is 32.2.